The number of hydrogen-bond acceptors (Lipinski definition) is 16. The van der Waals surface area contributed by atoms with E-state index in [0.29, 0.717) is 41.0 Å². The molecule has 5 aliphatic rings. The number of carbonyl (C=O) groups excluding carboxylic acids is 2. The summed E-state index contributed by atoms with van der Waals surface area (Å²) in [4.78, 5) is 56.8. The molecule has 0 saturated heterocycles. The van der Waals surface area contributed by atoms with Gasteiger partial charge in [0, 0.05) is 106 Å². The molecule has 5 saturated carbocycles. The molecular formula is C55H69BBr2CuF9I2KN10NaO6. The standard InChI is InChI=1S/C11H12F2N2O2.C9H9F2IN2.C9H10F2N2O.C9H8FIN2.C7H7BrN2.C4H5BrF2O2.C4H9O.2CH4.B.Cu.K.Na.H/c1-2-17-10(16)11(12,13)9-6-14-8(5-15-9)7-3-4-7;10-9(11,5-12)8-4-13-7(3-14-8)6-1-2-6;10-9(11,5-14)8-4-12-7(3-13-8)6-1-2-6;10-7(3-11)9-5-12-8(4-13-9)6-1-2-6;8-7-4-9-6(3-10-7)5-1-2-5;1-2-9-3(8)4(5,6)7;1-4(2,3)5;;;;;;;/h5-7H,2-4H2,1H3;3-4,6H,1-2,5H2;3-4,6,14H,1-2,5H2;3-6H,1-2H2;3-5H,1-2H2;2H2,1H3;1-3H3;2*1H4;;;;;/q;;;;;;-1;;;;;2*+1;-1/b;;;7-3-;;;;;;;;;;. The van der Waals surface area contributed by atoms with Crippen molar-refractivity contribution in [3.63, 3.8) is 0 Å². The van der Waals surface area contributed by atoms with Gasteiger partial charge in [-0.05, 0) is 117 Å². The molecule has 482 valence electrons. The summed E-state index contributed by atoms with van der Waals surface area (Å²) >= 11 is 8.58. The van der Waals surface area contributed by atoms with Gasteiger partial charge in [-0.2, -0.15) is 35.1 Å². The molecule has 1 N–H and O–H groups in total. The van der Waals surface area contributed by atoms with Crippen molar-refractivity contribution in [2.24, 2.45) is 0 Å². The Labute approximate surface area is 631 Å². The molecule has 5 fully saturated rings. The van der Waals surface area contributed by atoms with Crippen LogP contribution in [0, 0.1) is 0 Å². The van der Waals surface area contributed by atoms with Crippen LogP contribution in [0.2, 0.25) is 0 Å². The van der Waals surface area contributed by atoms with Crippen LogP contribution in [-0.2, 0) is 53.9 Å². The van der Waals surface area contributed by atoms with Crippen LogP contribution in [0.5, 0.6) is 0 Å². The Morgan fingerprint density at radius 3 is 1.15 bits per heavy atom. The molecule has 5 aromatic heterocycles. The topological polar surface area (TPSA) is 225 Å². The molecule has 10 rings (SSSR count). The van der Waals surface area contributed by atoms with E-state index in [9.17, 15) is 54.2 Å². The maximum atomic E-state index is 13.5. The van der Waals surface area contributed by atoms with E-state index in [1.165, 1.54) is 74.6 Å². The van der Waals surface area contributed by atoms with Crippen molar-refractivity contribution in [1.82, 2.24) is 49.8 Å². The van der Waals surface area contributed by atoms with Crippen LogP contribution in [-0.4, -0.2) is 110 Å². The zero-order valence-corrected chi connectivity index (χ0v) is 61.4. The summed E-state index contributed by atoms with van der Waals surface area (Å²) in [6.45, 7) is 6.45. The third kappa shape index (κ3) is 34.4. The summed E-state index contributed by atoms with van der Waals surface area (Å²) in [5.74, 6) is -10.8. The van der Waals surface area contributed by atoms with Crippen LogP contribution in [0.25, 0.3) is 5.83 Å². The number of aromatic nitrogens is 10. The number of aliphatic hydroxyl groups is 1. The van der Waals surface area contributed by atoms with E-state index in [1.807, 2.05) is 44.7 Å². The van der Waals surface area contributed by atoms with E-state index >= 15 is 0 Å². The van der Waals surface area contributed by atoms with Gasteiger partial charge in [-0.1, -0.05) is 58.2 Å². The maximum absolute atomic E-state index is 13.5. The van der Waals surface area contributed by atoms with E-state index in [-0.39, 0.29) is 152 Å². The molecule has 0 aliphatic heterocycles. The van der Waals surface area contributed by atoms with Crippen molar-refractivity contribution in [2.75, 3.05) is 24.2 Å². The fourth-order valence-electron chi connectivity index (χ4n) is 6.03. The Balaban J connectivity index is -0.000000476. The van der Waals surface area contributed by atoms with Crippen molar-refractivity contribution in [2.45, 2.75) is 171 Å². The zero-order valence-electron chi connectivity index (χ0n) is 48.9. The van der Waals surface area contributed by atoms with Gasteiger partial charge in [0.2, 0.25) is 0 Å². The predicted molar refractivity (Wildman–Crippen MR) is 326 cm³/mol. The normalized spacial score (nSPS) is 14.8. The Hall–Kier alpha value is -0.989. The molecule has 0 unspecified atom stereocenters. The number of halogens is 13. The molecule has 88 heavy (non-hydrogen) atoms. The Morgan fingerprint density at radius 2 is 0.909 bits per heavy atom. The van der Waals surface area contributed by atoms with Gasteiger partial charge in [-0.25, -0.2) is 19.0 Å². The molecule has 5 aromatic rings. The van der Waals surface area contributed by atoms with Crippen LogP contribution >= 0.6 is 77.0 Å². The number of ether oxygens (including phenoxy) is 2. The van der Waals surface area contributed by atoms with Gasteiger partial charge < -0.3 is 21.1 Å². The zero-order chi connectivity index (χ0) is 61.1. The second-order valence-electron chi connectivity index (χ2n) is 19.7. The first-order chi connectivity index (χ1) is 38.5. The van der Waals surface area contributed by atoms with Crippen LogP contribution < -0.4 is 86.0 Å². The number of carbonyl (C=O) groups is 2. The molecule has 5 heterocycles. The second-order valence-corrected chi connectivity index (χ2v) is 22.9. The van der Waals surface area contributed by atoms with Gasteiger partial charge >= 0.3 is 110 Å². The average molecular weight is 1690 g/mol. The molecule has 5 aliphatic carbocycles. The average Bonchev–Trinajstić information content (AvgIpc) is 4.25. The number of nitrogens with zero attached hydrogens (tertiary/aromatic N) is 10. The monoisotopic (exact) mass is 1680 g/mol. The number of esters is 2. The molecule has 0 amide bonds. The largest absolute Gasteiger partial charge is 1.00 e. The van der Waals surface area contributed by atoms with Crippen molar-refractivity contribution in [3.05, 3.63) is 122 Å². The van der Waals surface area contributed by atoms with Crippen LogP contribution in [0.15, 0.2) is 70.7 Å². The van der Waals surface area contributed by atoms with Crippen molar-refractivity contribution >= 4 is 103 Å². The molecular weight excluding hydrogens is 1620 g/mol. The summed E-state index contributed by atoms with van der Waals surface area (Å²) in [5.41, 5.74) is 2.65. The predicted octanol–water partition coefficient (Wildman–Crippen LogP) is 8.19. The fraction of sp³-hybridized carbons (Fsp3) is 0.564. The van der Waals surface area contributed by atoms with Gasteiger partial charge in [0.05, 0.1) is 77.1 Å². The number of aliphatic hydroxyl groups excluding tert-OH is 1. The number of rotatable bonds is 15. The fourth-order valence-corrected chi connectivity index (χ4v) is 7.06. The first kappa shape index (κ1) is 91.2. The van der Waals surface area contributed by atoms with Gasteiger partial charge in [-0.15, -0.1) is 5.60 Å². The van der Waals surface area contributed by atoms with Gasteiger partial charge in [0.15, 0.2) is 5.83 Å². The second kappa shape index (κ2) is 43.2. The van der Waals surface area contributed by atoms with E-state index in [4.69, 9.17) is 5.11 Å². The van der Waals surface area contributed by atoms with Gasteiger partial charge in [-0.3, -0.25) is 44.9 Å². The summed E-state index contributed by atoms with van der Waals surface area (Å²) in [6, 6.07) is 0. The molecule has 16 nitrogen and oxygen atoms in total. The first-order valence-corrected chi connectivity index (χ1v) is 30.0. The maximum Gasteiger partial charge on any atom is 1.00 e. The Morgan fingerprint density at radius 1 is 0.602 bits per heavy atom. The Kier molecular flexibility index (Phi) is 44.7. The summed E-state index contributed by atoms with van der Waals surface area (Å²) in [5, 5.41) is 18.5. The molecule has 0 atom stereocenters. The van der Waals surface area contributed by atoms with Crippen LogP contribution in [0.1, 0.15) is 196 Å². The van der Waals surface area contributed by atoms with Crippen molar-refractivity contribution in [1.29, 1.82) is 0 Å². The summed E-state index contributed by atoms with van der Waals surface area (Å²) in [7, 11) is 0. The minimum Gasteiger partial charge on any atom is -1.00 e. The van der Waals surface area contributed by atoms with E-state index < -0.39 is 58.1 Å². The van der Waals surface area contributed by atoms with Crippen molar-refractivity contribution < 1.29 is 168 Å². The first-order valence-electron chi connectivity index (χ1n) is 25.6. The smallest absolute Gasteiger partial charge is 1.00 e. The molecule has 0 bridgehead atoms. The van der Waals surface area contributed by atoms with Crippen LogP contribution in [0.4, 0.5) is 39.5 Å². The quantitative estimate of drug-likeness (QED) is 0.0343. The SMILES string of the molecule is Brc1cnc(C2CC2)cn1.C.C.CC(C)(C)[O-].CCOC(=O)C(F)(F)Br.CCOC(=O)C(F)(F)c1cnc(C2CC2)cn1.F/C(=C\I)c1cnc(C2CC2)cn1.FC(F)(CI)c1cnc(C2CC2)cn1.OCC(F)(F)c1cnc(C2CC2)cn1.[B].[Cu].[H-].[K+].[Na+]. The van der Waals surface area contributed by atoms with Gasteiger partial charge in [0.1, 0.15) is 34.0 Å². The molecule has 33 heteroatoms. The van der Waals surface area contributed by atoms with Gasteiger partial charge in [0.25, 0.3) is 5.92 Å². The number of hydrogen-bond donors (Lipinski definition) is 1. The minimum atomic E-state index is -3.73. The summed E-state index contributed by atoms with van der Waals surface area (Å²) in [6.07, 6.45) is 25.5. The molecule has 0 aromatic carbocycles. The Bertz CT molecular complexity index is 2740. The molecule has 0 spiro atoms. The van der Waals surface area contributed by atoms with E-state index in [2.05, 4.69) is 75.2 Å². The van der Waals surface area contributed by atoms with Crippen LogP contribution in [0.3, 0.4) is 0 Å². The third-order valence-electron chi connectivity index (χ3n) is 11.1. The number of alkyl halides is 10. The minimum absolute atomic E-state index is 0. The third-order valence-corrected chi connectivity index (χ3v) is 13.4. The van der Waals surface area contributed by atoms with E-state index in [1.54, 1.807) is 55.8 Å². The summed E-state index contributed by atoms with van der Waals surface area (Å²) < 4.78 is 126. The molecule has 4 radical (unpaired) electrons. The van der Waals surface area contributed by atoms with E-state index in [0.717, 1.165) is 78.3 Å². The van der Waals surface area contributed by atoms with Crippen molar-refractivity contribution in [3.8, 4) is 0 Å².